The molecule has 0 atom stereocenters. The Hall–Kier alpha value is -0.710. The van der Waals surface area contributed by atoms with E-state index in [0.29, 0.717) is 23.2 Å². The van der Waals surface area contributed by atoms with Crippen LogP contribution in [0.3, 0.4) is 0 Å². The van der Waals surface area contributed by atoms with Crippen molar-refractivity contribution in [3.05, 3.63) is 39.6 Å². The predicted octanol–water partition coefficient (Wildman–Crippen LogP) is 4.69. The number of rotatable bonds is 6. The van der Waals surface area contributed by atoms with Crippen LogP contribution in [0.5, 0.6) is 0 Å². The first-order chi connectivity index (χ1) is 8.63. The second-order valence-corrected chi connectivity index (χ2v) is 4.55. The number of allylic oxidation sites excluding steroid dienone is 1. The molecule has 18 heavy (non-hydrogen) atoms. The van der Waals surface area contributed by atoms with Gasteiger partial charge in [0.25, 0.3) is 0 Å². The molecule has 0 aliphatic heterocycles. The molecule has 0 saturated carbocycles. The van der Waals surface area contributed by atoms with Gasteiger partial charge < -0.3 is 9.47 Å². The Balaban J connectivity index is 3.25. The molecule has 0 spiro atoms. The first-order valence-electron chi connectivity index (χ1n) is 5.98. The van der Waals surface area contributed by atoms with Gasteiger partial charge in [-0.3, -0.25) is 0 Å². The van der Waals surface area contributed by atoms with Crippen molar-refractivity contribution in [2.75, 3.05) is 13.2 Å². The highest BCUT2D eigenvalue weighted by molar-refractivity contribution is 9.10. The summed E-state index contributed by atoms with van der Waals surface area (Å²) in [5, 5.41) is 0. The summed E-state index contributed by atoms with van der Waals surface area (Å²) >= 11 is 3.29. The summed E-state index contributed by atoms with van der Waals surface area (Å²) in [6.45, 7) is 6.54. The fraction of sp³-hybridized carbons (Fsp3) is 0.429. The second kappa shape index (κ2) is 7.67. The fourth-order valence-corrected chi connectivity index (χ4v) is 2.14. The monoisotopic (exact) mass is 316 g/mol. The Morgan fingerprint density at radius 1 is 1.28 bits per heavy atom. The van der Waals surface area contributed by atoms with Crippen LogP contribution >= 0.6 is 15.9 Å². The molecular formula is C14H18BrFO2. The van der Waals surface area contributed by atoms with Crippen molar-refractivity contribution in [1.29, 1.82) is 0 Å². The zero-order valence-electron chi connectivity index (χ0n) is 10.9. The van der Waals surface area contributed by atoms with Gasteiger partial charge in [-0.15, -0.1) is 0 Å². The molecule has 4 heteroatoms. The molecule has 2 nitrogen and oxygen atoms in total. The molecule has 0 aliphatic carbocycles. The van der Waals surface area contributed by atoms with E-state index < -0.39 is 6.29 Å². The van der Waals surface area contributed by atoms with E-state index >= 15 is 0 Å². The third-order valence-corrected chi connectivity index (χ3v) is 2.80. The van der Waals surface area contributed by atoms with E-state index in [-0.39, 0.29) is 5.82 Å². The molecule has 0 heterocycles. The van der Waals surface area contributed by atoms with Crippen molar-refractivity contribution < 1.29 is 13.9 Å². The van der Waals surface area contributed by atoms with Crippen molar-refractivity contribution in [2.45, 2.75) is 27.1 Å². The van der Waals surface area contributed by atoms with Gasteiger partial charge in [0.15, 0.2) is 6.29 Å². The summed E-state index contributed by atoms with van der Waals surface area (Å²) in [7, 11) is 0. The van der Waals surface area contributed by atoms with Crippen LogP contribution in [-0.4, -0.2) is 13.2 Å². The van der Waals surface area contributed by atoms with E-state index in [1.165, 1.54) is 6.07 Å². The average Bonchev–Trinajstić information content (AvgIpc) is 2.29. The van der Waals surface area contributed by atoms with Crippen molar-refractivity contribution in [2.24, 2.45) is 0 Å². The van der Waals surface area contributed by atoms with Crippen LogP contribution in [0.4, 0.5) is 4.39 Å². The van der Waals surface area contributed by atoms with Crippen LogP contribution in [0.25, 0.3) is 6.08 Å². The van der Waals surface area contributed by atoms with Crippen molar-refractivity contribution in [3.8, 4) is 0 Å². The standard InChI is InChI=1S/C14H18BrFO2/c1-4-7-10-8-11(15)9-12(16)13(10)14(17-5-2)18-6-3/h4,7-9,14H,5-6H2,1-3H3/b7-4+. The lowest BCUT2D eigenvalue weighted by Crippen LogP contribution is -2.12. The van der Waals surface area contributed by atoms with Crippen LogP contribution in [0.15, 0.2) is 22.7 Å². The number of hydrogen-bond donors (Lipinski definition) is 0. The normalized spacial score (nSPS) is 11.7. The summed E-state index contributed by atoms with van der Waals surface area (Å²) < 4.78 is 25.7. The van der Waals surface area contributed by atoms with Gasteiger partial charge in [0.05, 0.1) is 5.56 Å². The summed E-state index contributed by atoms with van der Waals surface area (Å²) in [4.78, 5) is 0. The highest BCUT2D eigenvalue weighted by Gasteiger charge is 2.20. The molecule has 0 unspecified atom stereocenters. The Morgan fingerprint density at radius 2 is 1.89 bits per heavy atom. The SMILES string of the molecule is C/C=C/c1cc(Br)cc(F)c1C(OCC)OCC. The highest BCUT2D eigenvalue weighted by atomic mass is 79.9. The third-order valence-electron chi connectivity index (χ3n) is 2.34. The molecule has 1 aromatic carbocycles. The van der Waals surface area contributed by atoms with Crippen LogP contribution in [0, 0.1) is 5.82 Å². The molecular weight excluding hydrogens is 299 g/mol. The lowest BCUT2D eigenvalue weighted by atomic mass is 10.1. The first kappa shape index (κ1) is 15.3. The van der Waals surface area contributed by atoms with Crippen LogP contribution in [0.1, 0.15) is 38.2 Å². The van der Waals surface area contributed by atoms with Gasteiger partial charge in [-0.2, -0.15) is 0 Å². The highest BCUT2D eigenvalue weighted by Crippen LogP contribution is 2.30. The van der Waals surface area contributed by atoms with E-state index in [0.717, 1.165) is 5.56 Å². The van der Waals surface area contributed by atoms with Gasteiger partial charge in [-0.1, -0.05) is 28.1 Å². The maximum Gasteiger partial charge on any atom is 0.187 e. The maximum absolute atomic E-state index is 14.1. The van der Waals surface area contributed by atoms with E-state index in [9.17, 15) is 4.39 Å². The smallest absolute Gasteiger partial charge is 0.187 e. The lowest BCUT2D eigenvalue weighted by molar-refractivity contribution is -0.142. The van der Waals surface area contributed by atoms with Crippen LogP contribution in [0.2, 0.25) is 0 Å². The van der Waals surface area contributed by atoms with Gasteiger partial charge in [0.2, 0.25) is 0 Å². The Labute approximate surface area is 116 Å². The molecule has 1 rings (SSSR count). The topological polar surface area (TPSA) is 18.5 Å². The van der Waals surface area contributed by atoms with Gasteiger partial charge in [0.1, 0.15) is 5.82 Å². The molecule has 0 bridgehead atoms. The zero-order valence-corrected chi connectivity index (χ0v) is 12.5. The van der Waals surface area contributed by atoms with E-state index in [1.807, 2.05) is 39.0 Å². The molecule has 1 aromatic rings. The number of hydrogen-bond acceptors (Lipinski definition) is 2. The van der Waals surface area contributed by atoms with Gasteiger partial charge in [-0.05, 0) is 38.5 Å². The fourth-order valence-electron chi connectivity index (χ4n) is 1.69. The minimum absolute atomic E-state index is 0.329. The van der Waals surface area contributed by atoms with Crippen LogP contribution in [-0.2, 0) is 9.47 Å². The van der Waals surface area contributed by atoms with E-state index in [2.05, 4.69) is 15.9 Å². The van der Waals surface area contributed by atoms with E-state index in [4.69, 9.17) is 9.47 Å². The van der Waals surface area contributed by atoms with Gasteiger partial charge in [-0.25, -0.2) is 4.39 Å². The number of ether oxygens (including phenoxy) is 2. The van der Waals surface area contributed by atoms with Crippen LogP contribution < -0.4 is 0 Å². The minimum Gasteiger partial charge on any atom is -0.349 e. The molecule has 0 saturated heterocycles. The minimum atomic E-state index is -0.667. The largest absolute Gasteiger partial charge is 0.349 e. The first-order valence-corrected chi connectivity index (χ1v) is 6.78. The Bertz CT molecular complexity index is 413. The average molecular weight is 317 g/mol. The molecule has 0 aromatic heterocycles. The lowest BCUT2D eigenvalue weighted by Gasteiger charge is -2.20. The molecule has 0 aliphatic rings. The molecule has 0 N–H and O–H groups in total. The number of halogens is 2. The summed E-state index contributed by atoms with van der Waals surface area (Å²) in [6, 6.07) is 3.27. The molecule has 0 amide bonds. The van der Waals surface area contributed by atoms with Gasteiger partial charge >= 0.3 is 0 Å². The van der Waals surface area contributed by atoms with Crippen molar-refractivity contribution in [1.82, 2.24) is 0 Å². The molecule has 0 fully saturated rings. The maximum atomic E-state index is 14.1. The summed E-state index contributed by atoms with van der Waals surface area (Å²) in [5.74, 6) is -0.329. The quantitative estimate of drug-likeness (QED) is 0.709. The Kier molecular flexibility index (Phi) is 6.54. The Morgan fingerprint density at radius 3 is 2.39 bits per heavy atom. The second-order valence-electron chi connectivity index (χ2n) is 3.63. The van der Waals surface area contributed by atoms with Crippen molar-refractivity contribution >= 4 is 22.0 Å². The third kappa shape index (κ3) is 3.90. The zero-order chi connectivity index (χ0) is 13.5. The summed E-state index contributed by atoms with van der Waals surface area (Å²) in [6.07, 6.45) is 3.03. The summed E-state index contributed by atoms with van der Waals surface area (Å²) in [5.41, 5.74) is 1.20. The molecule has 100 valence electrons. The molecule has 0 radical (unpaired) electrons. The van der Waals surface area contributed by atoms with E-state index in [1.54, 1.807) is 0 Å². The van der Waals surface area contributed by atoms with Crippen molar-refractivity contribution in [3.63, 3.8) is 0 Å². The number of benzene rings is 1. The predicted molar refractivity (Wildman–Crippen MR) is 74.8 cm³/mol. The van der Waals surface area contributed by atoms with Gasteiger partial charge in [0, 0.05) is 17.7 Å².